The molecule has 2 atom stereocenters. The van der Waals surface area contributed by atoms with Gasteiger partial charge in [-0.3, -0.25) is 9.80 Å². The van der Waals surface area contributed by atoms with Crippen LogP contribution in [0.25, 0.3) is 0 Å². The molecular weight excluding hydrogens is 481 g/mol. The van der Waals surface area contributed by atoms with E-state index in [0.717, 1.165) is 28.9 Å². The molecule has 2 aromatic rings. The SMILES string of the molecule is O=C1/C2=C(\O)COC/C=C\N2N([C@@H]2c3ccccc3SCc3c(F)cccc32)[C@@H]2COC3(CC3)CN12. The summed E-state index contributed by atoms with van der Waals surface area (Å²) < 4.78 is 27.1. The average molecular weight is 508 g/mol. The topological polar surface area (TPSA) is 65.5 Å². The number of hydrazine groups is 1. The van der Waals surface area contributed by atoms with Crippen molar-refractivity contribution < 1.29 is 23.8 Å². The fourth-order valence-corrected chi connectivity index (χ4v) is 6.85. The first-order valence-corrected chi connectivity index (χ1v) is 13.2. The molecule has 3 fully saturated rings. The molecule has 36 heavy (non-hydrogen) atoms. The third-order valence-corrected chi connectivity index (χ3v) is 8.80. The zero-order chi connectivity index (χ0) is 24.4. The van der Waals surface area contributed by atoms with Crippen LogP contribution in [0.2, 0.25) is 0 Å². The van der Waals surface area contributed by atoms with Crippen LogP contribution in [0.4, 0.5) is 4.39 Å². The highest BCUT2D eigenvalue weighted by molar-refractivity contribution is 7.98. The van der Waals surface area contributed by atoms with Crippen LogP contribution in [0.15, 0.2) is 71.1 Å². The lowest BCUT2D eigenvalue weighted by Gasteiger charge is -2.55. The lowest BCUT2D eigenvalue weighted by Crippen LogP contribution is -2.69. The van der Waals surface area contributed by atoms with Crippen LogP contribution in [0.3, 0.4) is 0 Å². The first-order valence-electron chi connectivity index (χ1n) is 12.2. The number of benzene rings is 2. The van der Waals surface area contributed by atoms with E-state index in [4.69, 9.17) is 9.47 Å². The zero-order valence-electron chi connectivity index (χ0n) is 19.6. The maximum atomic E-state index is 15.2. The molecular formula is C27H26FN3O4S. The molecule has 7 nitrogen and oxygen atoms in total. The Bertz CT molecular complexity index is 1310. The number of aliphatic hydroxyl groups excluding tert-OH is 1. The van der Waals surface area contributed by atoms with Crippen molar-refractivity contribution in [2.24, 2.45) is 0 Å². The first-order chi connectivity index (χ1) is 17.6. The molecule has 1 aliphatic carbocycles. The number of rotatable bonds is 1. The van der Waals surface area contributed by atoms with Gasteiger partial charge in [0.05, 0.1) is 31.4 Å². The Morgan fingerprint density at radius 1 is 1.11 bits per heavy atom. The molecule has 0 radical (unpaired) electrons. The fraction of sp³-hybridized carbons (Fsp3) is 0.370. The van der Waals surface area contributed by atoms with Crippen molar-refractivity contribution in [2.75, 3.05) is 26.4 Å². The second-order valence-electron chi connectivity index (χ2n) is 9.86. The predicted octanol–water partition coefficient (Wildman–Crippen LogP) is 4.08. The number of carbonyl (C=O) groups excluding carboxylic acids is 1. The monoisotopic (exact) mass is 507 g/mol. The maximum Gasteiger partial charge on any atom is 0.277 e. The minimum atomic E-state index is -0.428. The molecule has 1 N–H and O–H groups in total. The van der Waals surface area contributed by atoms with E-state index >= 15 is 4.39 Å². The van der Waals surface area contributed by atoms with Gasteiger partial charge in [-0.25, -0.2) is 4.39 Å². The van der Waals surface area contributed by atoms with Crippen LogP contribution in [-0.4, -0.2) is 64.1 Å². The van der Waals surface area contributed by atoms with Crippen molar-refractivity contribution in [1.29, 1.82) is 0 Å². The van der Waals surface area contributed by atoms with Crippen LogP contribution < -0.4 is 0 Å². The van der Waals surface area contributed by atoms with E-state index in [9.17, 15) is 9.90 Å². The summed E-state index contributed by atoms with van der Waals surface area (Å²) in [6.07, 6.45) is 5.01. The van der Waals surface area contributed by atoms with E-state index in [1.807, 2.05) is 29.2 Å². The average Bonchev–Trinajstić information content (AvgIpc) is 3.65. The largest absolute Gasteiger partial charge is 0.507 e. The summed E-state index contributed by atoms with van der Waals surface area (Å²) >= 11 is 1.61. The summed E-state index contributed by atoms with van der Waals surface area (Å²) in [7, 11) is 0. The minimum absolute atomic E-state index is 0.0573. The fourth-order valence-electron chi connectivity index (χ4n) is 5.73. The molecule has 4 heterocycles. The number of halogens is 1. The Morgan fingerprint density at radius 2 is 1.94 bits per heavy atom. The van der Waals surface area contributed by atoms with Gasteiger partial charge in [0.1, 0.15) is 24.3 Å². The van der Waals surface area contributed by atoms with Crippen molar-refractivity contribution in [3.63, 3.8) is 0 Å². The molecule has 1 saturated carbocycles. The Hall–Kier alpha value is -2.85. The number of nitrogens with zero attached hydrogens (tertiary/aromatic N) is 3. The van der Waals surface area contributed by atoms with Crippen LogP contribution in [0, 0.1) is 5.82 Å². The normalized spacial score (nSPS) is 29.9. The molecule has 4 aliphatic heterocycles. The van der Waals surface area contributed by atoms with Gasteiger partial charge in [-0.15, -0.1) is 11.8 Å². The molecule has 1 amide bonds. The third kappa shape index (κ3) is 3.41. The third-order valence-electron chi connectivity index (χ3n) is 7.68. The number of amides is 1. The molecule has 7 rings (SSSR count). The number of hydrogen-bond donors (Lipinski definition) is 1. The number of aliphatic hydroxyl groups is 1. The lowest BCUT2D eigenvalue weighted by molar-refractivity contribution is -0.205. The second-order valence-corrected chi connectivity index (χ2v) is 10.9. The van der Waals surface area contributed by atoms with Gasteiger partial charge in [-0.2, -0.15) is 5.01 Å². The highest BCUT2D eigenvalue weighted by atomic mass is 32.2. The maximum absolute atomic E-state index is 15.2. The molecule has 1 spiro atoms. The summed E-state index contributed by atoms with van der Waals surface area (Å²) in [6.45, 7) is 1.03. The van der Waals surface area contributed by atoms with E-state index in [-0.39, 0.29) is 35.4 Å². The zero-order valence-corrected chi connectivity index (χ0v) is 20.4. The number of morpholine rings is 1. The predicted molar refractivity (Wildman–Crippen MR) is 131 cm³/mol. The number of fused-ring (bicyclic) bond motifs is 4. The molecule has 0 aromatic heterocycles. The summed E-state index contributed by atoms with van der Waals surface area (Å²) in [4.78, 5) is 16.7. The van der Waals surface area contributed by atoms with E-state index in [1.165, 1.54) is 6.07 Å². The minimum Gasteiger partial charge on any atom is -0.507 e. The smallest absolute Gasteiger partial charge is 0.277 e. The molecule has 5 aliphatic rings. The van der Waals surface area contributed by atoms with Crippen LogP contribution in [0.1, 0.15) is 35.6 Å². The quantitative estimate of drug-likeness (QED) is 0.624. The van der Waals surface area contributed by atoms with E-state index in [1.54, 1.807) is 29.0 Å². The number of hydrogen-bond acceptors (Lipinski definition) is 7. The standard InChI is InChI=1S/C27H26FN3O4S/c28-20-7-3-6-17-19(20)15-36-22-8-2-1-5-18(22)24(17)31-23-14-35-27(9-10-27)16-29(23)26(33)25-21(32)13-34-12-4-11-30(25)31/h1-8,11,23-24,32H,9-10,12-16H2/b11-4-,25-21+/t23-,24+/m1/s1. The molecule has 9 heteroatoms. The second kappa shape index (κ2) is 8.34. The van der Waals surface area contributed by atoms with Crippen molar-refractivity contribution in [3.8, 4) is 0 Å². The van der Waals surface area contributed by atoms with Crippen LogP contribution in [-0.2, 0) is 20.0 Å². The van der Waals surface area contributed by atoms with Crippen molar-refractivity contribution >= 4 is 17.7 Å². The molecule has 2 saturated heterocycles. The van der Waals surface area contributed by atoms with Crippen molar-refractivity contribution in [3.05, 3.63) is 88.7 Å². The number of ether oxygens (including phenoxy) is 2. The Labute approximate surface area is 212 Å². The number of carbonyl (C=O) groups is 1. The molecule has 186 valence electrons. The summed E-state index contributed by atoms with van der Waals surface area (Å²) in [6, 6.07) is 12.9. The van der Waals surface area contributed by atoms with Crippen LogP contribution >= 0.6 is 11.8 Å². The van der Waals surface area contributed by atoms with Gasteiger partial charge in [0.25, 0.3) is 5.91 Å². The molecule has 2 aromatic carbocycles. The van der Waals surface area contributed by atoms with Gasteiger partial charge in [0.15, 0.2) is 5.70 Å². The Kier molecular flexibility index (Phi) is 5.18. The van der Waals surface area contributed by atoms with E-state index < -0.39 is 12.2 Å². The van der Waals surface area contributed by atoms with Gasteiger partial charge in [0.2, 0.25) is 0 Å². The molecule has 0 unspecified atom stereocenters. The summed E-state index contributed by atoms with van der Waals surface area (Å²) in [5.74, 6) is -0.0858. The summed E-state index contributed by atoms with van der Waals surface area (Å²) in [5.41, 5.74) is 2.40. The van der Waals surface area contributed by atoms with Crippen LogP contribution in [0.5, 0.6) is 0 Å². The van der Waals surface area contributed by atoms with Crippen molar-refractivity contribution in [2.45, 2.75) is 41.3 Å². The highest BCUT2D eigenvalue weighted by Crippen LogP contribution is 2.50. The van der Waals surface area contributed by atoms with E-state index in [2.05, 4.69) is 17.1 Å². The highest BCUT2D eigenvalue weighted by Gasteiger charge is 2.57. The van der Waals surface area contributed by atoms with Crippen molar-refractivity contribution in [1.82, 2.24) is 14.9 Å². The van der Waals surface area contributed by atoms with Gasteiger partial charge < -0.3 is 19.5 Å². The molecule has 0 bridgehead atoms. The van der Waals surface area contributed by atoms with Gasteiger partial charge in [0, 0.05) is 22.4 Å². The summed E-state index contributed by atoms with van der Waals surface area (Å²) in [5, 5.41) is 14.9. The lowest BCUT2D eigenvalue weighted by atomic mass is 9.93. The van der Waals surface area contributed by atoms with Gasteiger partial charge in [-0.1, -0.05) is 30.3 Å². The van der Waals surface area contributed by atoms with Gasteiger partial charge >= 0.3 is 0 Å². The first kappa shape index (κ1) is 22.4. The van der Waals surface area contributed by atoms with E-state index in [0.29, 0.717) is 31.1 Å². The Balaban J connectivity index is 1.47. The van der Waals surface area contributed by atoms with Gasteiger partial charge in [-0.05, 0) is 42.2 Å². The number of thioether (sulfide) groups is 1. The Morgan fingerprint density at radius 3 is 2.81 bits per heavy atom.